The van der Waals surface area contributed by atoms with Crippen LogP contribution in [-0.2, 0) is 0 Å². The largest absolute Gasteiger partial charge is 0.309 e. The lowest BCUT2D eigenvalue weighted by Gasteiger charge is -2.32. The highest BCUT2D eigenvalue weighted by Gasteiger charge is 2.29. The summed E-state index contributed by atoms with van der Waals surface area (Å²) >= 11 is 0. The first kappa shape index (κ1) is 15.0. The third-order valence-electron chi connectivity index (χ3n) is 2.84. The molecule has 0 heterocycles. The summed E-state index contributed by atoms with van der Waals surface area (Å²) in [6.07, 6.45) is 0.887. The van der Waals surface area contributed by atoms with Gasteiger partial charge in [-0.2, -0.15) is 0 Å². The monoisotopic (exact) mass is 259 g/mol. The van der Waals surface area contributed by atoms with Gasteiger partial charge in [0, 0.05) is 11.6 Å². The molecule has 0 aromatic heterocycles. The first-order valence-electron chi connectivity index (χ1n) is 6.15. The second kappa shape index (κ2) is 5.74. The Bertz CT molecular complexity index is 410. The normalized spacial score (nSPS) is 13.7. The zero-order chi connectivity index (χ0) is 13.9. The maximum Gasteiger partial charge on any atom is 0.194 e. The number of benzene rings is 1. The highest BCUT2D eigenvalue weighted by Crippen LogP contribution is 2.35. The minimum Gasteiger partial charge on any atom is -0.309 e. The Kier molecular flexibility index (Phi) is 4.79. The van der Waals surface area contributed by atoms with E-state index in [0.29, 0.717) is 6.54 Å². The number of rotatable bonds is 4. The van der Waals surface area contributed by atoms with E-state index in [-0.39, 0.29) is 17.0 Å². The van der Waals surface area contributed by atoms with Crippen LogP contribution in [-0.4, -0.2) is 6.54 Å². The van der Waals surface area contributed by atoms with Gasteiger partial charge < -0.3 is 5.32 Å². The molecule has 0 aliphatic carbocycles. The molecule has 1 aromatic rings. The average Bonchev–Trinajstić information content (AvgIpc) is 2.27. The molecule has 1 unspecified atom stereocenters. The fourth-order valence-corrected chi connectivity index (χ4v) is 1.94. The molecule has 0 aliphatic heterocycles. The molecule has 1 nitrogen and oxygen atoms in total. The first-order valence-corrected chi connectivity index (χ1v) is 6.15. The molecular formula is C14H20F3N. The average molecular weight is 259 g/mol. The topological polar surface area (TPSA) is 12.0 Å². The lowest BCUT2D eigenvalue weighted by molar-refractivity contribution is 0.263. The van der Waals surface area contributed by atoms with Gasteiger partial charge in [0.25, 0.3) is 0 Å². The van der Waals surface area contributed by atoms with Crippen LogP contribution in [0, 0.1) is 22.9 Å². The summed E-state index contributed by atoms with van der Waals surface area (Å²) in [7, 11) is 0. The van der Waals surface area contributed by atoms with Crippen LogP contribution >= 0.6 is 0 Å². The number of nitrogens with one attached hydrogen (secondary N) is 1. The molecule has 1 N–H and O–H groups in total. The van der Waals surface area contributed by atoms with Crippen LogP contribution in [0.5, 0.6) is 0 Å². The molecule has 0 bridgehead atoms. The zero-order valence-corrected chi connectivity index (χ0v) is 11.3. The van der Waals surface area contributed by atoms with E-state index in [1.165, 1.54) is 6.07 Å². The molecule has 18 heavy (non-hydrogen) atoms. The van der Waals surface area contributed by atoms with Crippen molar-refractivity contribution in [3.63, 3.8) is 0 Å². The number of hydrogen-bond donors (Lipinski definition) is 1. The second-order valence-corrected chi connectivity index (χ2v) is 5.52. The van der Waals surface area contributed by atoms with Crippen molar-refractivity contribution < 1.29 is 13.2 Å². The third-order valence-corrected chi connectivity index (χ3v) is 2.84. The Labute approximate surface area is 106 Å². The molecule has 0 saturated heterocycles. The molecular weight excluding hydrogens is 239 g/mol. The standard InChI is InChI=1S/C14H20F3N/c1-5-8-18-13(14(2,3)4)9-6-7-10(15)12(17)11(9)16/h6-7,13,18H,5,8H2,1-4H3. The maximum atomic E-state index is 13.8. The molecule has 0 spiro atoms. The van der Waals surface area contributed by atoms with Crippen molar-refractivity contribution in [3.05, 3.63) is 35.1 Å². The molecule has 4 heteroatoms. The van der Waals surface area contributed by atoms with E-state index in [9.17, 15) is 13.2 Å². The fraction of sp³-hybridized carbons (Fsp3) is 0.571. The van der Waals surface area contributed by atoms with Gasteiger partial charge in [0.05, 0.1) is 0 Å². The van der Waals surface area contributed by atoms with Crippen LogP contribution in [0.4, 0.5) is 13.2 Å². The summed E-state index contributed by atoms with van der Waals surface area (Å²) in [5.41, 5.74) is -0.116. The van der Waals surface area contributed by atoms with Gasteiger partial charge >= 0.3 is 0 Å². The molecule has 1 atom stereocenters. The van der Waals surface area contributed by atoms with E-state index in [0.717, 1.165) is 12.5 Å². The van der Waals surface area contributed by atoms with Crippen molar-refractivity contribution in [1.82, 2.24) is 5.32 Å². The zero-order valence-electron chi connectivity index (χ0n) is 11.3. The summed E-state index contributed by atoms with van der Waals surface area (Å²) in [5.74, 6) is -3.65. The molecule has 102 valence electrons. The van der Waals surface area contributed by atoms with Crippen molar-refractivity contribution >= 4 is 0 Å². The van der Waals surface area contributed by atoms with Gasteiger partial charge in [0.15, 0.2) is 17.5 Å². The number of hydrogen-bond acceptors (Lipinski definition) is 1. The quantitative estimate of drug-likeness (QED) is 0.799. The molecule has 1 aromatic carbocycles. The Morgan fingerprint density at radius 2 is 1.72 bits per heavy atom. The van der Waals surface area contributed by atoms with Gasteiger partial charge in [-0.05, 0) is 24.4 Å². The fourth-order valence-electron chi connectivity index (χ4n) is 1.94. The van der Waals surface area contributed by atoms with Crippen LogP contribution in [0.15, 0.2) is 12.1 Å². The van der Waals surface area contributed by atoms with Gasteiger partial charge in [-0.25, -0.2) is 13.2 Å². The number of halogens is 3. The van der Waals surface area contributed by atoms with E-state index >= 15 is 0 Å². The second-order valence-electron chi connectivity index (χ2n) is 5.52. The molecule has 1 rings (SSSR count). The van der Waals surface area contributed by atoms with Crippen LogP contribution in [0.2, 0.25) is 0 Å². The highest BCUT2D eigenvalue weighted by atomic mass is 19.2. The molecule has 0 amide bonds. The van der Waals surface area contributed by atoms with Crippen molar-refractivity contribution in [2.45, 2.75) is 40.2 Å². The lowest BCUT2D eigenvalue weighted by Crippen LogP contribution is -2.33. The van der Waals surface area contributed by atoms with Crippen molar-refractivity contribution in [1.29, 1.82) is 0 Å². The summed E-state index contributed by atoms with van der Waals surface area (Å²) in [4.78, 5) is 0. The predicted octanol–water partition coefficient (Wildman–Crippen LogP) is 4.19. The van der Waals surface area contributed by atoms with Crippen LogP contribution in [0.1, 0.15) is 45.7 Å². The maximum absolute atomic E-state index is 13.8. The first-order chi connectivity index (χ1) is 8.29. The Balaban J connectivity index is 3.17. The van der Waals surface area contributed by atoms with E-state index in [4.69, 9.17) is 0 Å². The van der Waals surface area contributed by atoms with Gasteiger partial charge in [0.1, 0.15) is 0 Å². The Morgan fingerprint density at radius 3 is 2.22 bits per heavy atom. The van der Waals surface area contributed by atoms with Gasteiger partial charge in [-0.1, -0.05) is 33.8 Å². The van der Waals surface area contributed by atoms with Crippen LogP contribution in [0.3, 0.4) is 0 Å². The third kappa shape index (κ3) is 3.25. The minimum absolute atomic E-state index is 0.176. The summed E-state index contributed by atoms with van der Waals surface area (Å²) in [5, 5.41) is 3.18. The van der Waals surface area contributed by atoms with E-state index in [1.807, 2.05) is 27.7 Å². The van der Waals surface area contributed by atoms with Gasteiger partial charge in [0.2, 0.25) is 0 Å². The highest BCUT2D eigenvalue weighted by molar-refractivity contribution is 5.25. The SMILES string of the molecule is CCCNC(c1ccc(F)c(F)c1F)C(C)(C)C. The summed E-state index contributed by atoms with van der Waals surface area (Å²) < 4.78 is 40.0. The Morgan fingerprint density at radius 1 is 1.11 bits per heavy atom. The lowest BCUT2D eigenvalue weighted by atomic mass is 9.82. The smallest absolute Gasteiger partial charge is 0.194 e. The summed E-state index contributed by atoms with van der Waals surface area (Å²) in [6, 6.07) is 1.93. The van der Waals surface area contributed by atoms with Gasteiger partial charge in [-0.3, -0.25) is 0 Å². The predicted molar refractivity (Wildman–Crippen MR) is 66.8 cm³/mol. The Hall–Kier alpha value is -1.03. The molecule has 0 radical (unpaired) electrons. The van der Waals surface area contributed by atoms with E-state index < -0.39 is 17.5 Å². The molecule has 0 fully saturated rings. The van der Waals surface area contributed by atoms with Gasteiger partial charge in [-0.15, -0.1) is 0 Å². The molecule has 0 aliphatic rings. The van der Waals surface area contributed by atoms with Crippen molar-refractivity contribution in [2.75, 3.05) is 6.54 Å². The van der Waals surface area contributed by atoms with Crippen LogP contribution in [0.25, 0.3) is 0 Å². The summed E-state index contributed by atoms with van der Waals surface area (Å²) in [6.45, 7) is 8.48. The van der Waals surface area contributed by atoms with Crippen LogP contribution < -0.4 is 5.32 Å². The molecule has 0 saturated carbocycles. The van der Waals surface area contributed by atoms with Crippen molar-refractivity contribution in [3.8, 4) is 0 Å². The van der Waals surface area contributed by atoms with E-state index in [2.05, 4.69) is 5.32 Å². The minimum atomic E-state index is -1.40. The van der Waals surface area contributed by atoms with E-state index in [1.54, 1.807) is 0 Å². The van der Waals surface area contributed by atoms with Crippen molar-refractivity contribution in [2.24, 2.45) is 5.41 Å².